The first-order valence-electron chi connectivity index (χ1n) is 6.29. The Balaban J connectivity index is 1.93. The fourth-order valence-corrected chi connectivity index (χ4v) is 2.29. The van der Waals surface area contributed by atoms with E-state index in [1.807, 2.05) is 0 Å². The Kier molecular flexibility index (Phi) is 3.25. The van der Waals surface area contributed by atoms with Gasteiger partial charge in [0.1, 0.15) is 17.8 Å². The monoisotopic (exact) mass is 269 g/mol. The molecule has 0 saturated heterocycles. The third-order valence-electron chi connectivity index (χ3n) is 3.29. The van der Waals surface area contributed by atoms with E-state index in [1.165, 1.54) is 12.4 Å². The number of nitrogens with zero attached hydrogens (tertiary/aromatic N) is 2. The van der Waals surface area contributed by atoms with Gasteiger partial charge in [0, 0.05) is 11.8 Å². The van der Waals surface area contributed by atoms with Gasteiger partial charge in [-0.05, 0) is 24.5 Å². The van der Waals surface area contributed by atoms with Crippen molar-refractivity contribution >= 4 is 17.3 Å². The highest BCUT2D eigenvalue weighted by molar-refractivity contribution is 5.96. The summed E-state index contributed by atoms with van der Waals surface area (Å²) in [5, 5.41) is 0.721. The molecule has 0 amide bonds. The van der Waals surface area contributed by atoms with Crippen LogP contribution in [0.4, 0.5) is 4.39 Å². The summed E-state index contributed by atoms with van der Waals surface area (Å²) in [6.07, 6.45) is 4.92. The van der Waals surface area contributed by atoms with Gasteiger partial charge in [-0.25, -0.2) is 14.4 Å². The van der Waals surface area contributed by atoms with Crippen LogP contribution < -0.4 is 0 Å². The molecule has 100 valence electrons. The Morgan fingerprint density at radius 3 is 2.85 bits per heavy atom. The summed E-state index contributed by atoms with van der Waals surface area (Å²) in [5.41, 5.74) is 2.55. The average molecular weight is 269 g/mol. The first-order chi connectivity index (χ1) is 9.79. The molecular weight excluding hydrogens is 257 g/mol. The van der Waals surface area contributed by atoms with Crippen molar-refractivity contribution in [1.29, 1.82) is 0 Å². The molecule has 0 aliphatic carbocycles. The summed E-state index contributed by atoms with van der Waals surface area (Å²) >= 11 is 0. The van der Waals surface area contributed by atoms with Crippen molar-refractivity contribution in [2.24, 2.45) is 0 Å². The molecule has 0 aliphatic heterocycles. The number of aldehydes is 1. The van der Waals surface area contributed by atoms with Crippen LogP contribution in [0.15, 0.2) is 36.8 Å². The van der Waals surface area contributed by atoms with Crippen LogP contribution in [-0.2, 0) is 12.8 Å². The molecule has 0 bridgehead atoms. The Hall–Kier alpha value is -2.56. The summed E-state index contributed by atoms with van der Waals surface area (Å²) in [6.45, 7) is 0. The molecule has 20 heavy (non-hydrogen) atoms. The second kappa shape index (κ2) is 5.21. The predicted molar refractivity (Wildman–Crippen MR) is 73.1 cm³/mol. The van der Waals surface area contributed by atoms with E-state index in [0.717, 1.165) is 17.4 Å². The number of aromatic amines is 1. The van der Waals surface area contributed by atoms with Crippen molar-refractivity contribution < 1.29 is 9.18 Å². The minimum atomic E-state index is -0.220. The van der Waals surface area contributed by atoms with Crippen LogP contribution in [-0.4, -0.2) is 21.2 Å². The van der Waals surface area contributed by atoms with Gasteiger partial charge in [0.25, 0.3) is 0 Å². The number of hydrogen-bond acceptors (Lipinski definition) is 3. The van der Waals surface area contributed by atoms with Crippen LogP contribution in [0, 0.1) is 5.82 Å². The number of aryl methyl sites for hydroxylation is 2. The second-order valence-electron chi connectivity index (χ2n) is 4.50. The molecule has 0 spiro atoms. The Morgan fingerprint density at radius 1 is 1.20 bits per heavy atom. The normalized spacial score (nSPS) is 10.8. The number of carbonyl (C=O) groups is 1. The number of fused-ring (bicyclic) bond motifs is 1. The summed E-state index contributed by atoms with van der Waals surface area (Å²) in [5.74, 6) is -0.220. The van der Waals surface area contributed by atoms with Crippen LogP contribution in [0.5, 0.6) is 0 Å². The number of carbonyl (C=O) groups excluding carboxylic acids is 1. The van der Waals surface area contributed by atoms with E-state index < -0.39 is 0 Å². The van der Waals surface area contributed by atoms with Crippen molar-refractivity contribution in [2.75, 3.05) is 0 Å². The number of nitrogens with one attached hydrogen (secondary N) is 1. The largest absolute Gasteiger partial charge is 0.345 e. The molecule has 0 saturated carbocycles. The molecule has 2 aromatic heterocycles. The van der Waals surface area contributed by atoms with Gasteiger partial charge in [-0.15, -0.1) is 0 Å². The SMILES string of the molecule is O=Cc1c[nH]c2ncnc(CCc3ccccc3F)c12. The Morgan fingerprint density at radius 2 is 2.05 bits per heavy atom. The zero-order chi connectivity index (χ0) is 13.9. The molecule has 0 aliphatic rings. The van der Waals surface area contributed by atoms with E-state index in [0.29, 0.717) is 29.6 Å². The summed E-state index contributed by atoms with van der Waals surface area (Å²) < 4.78 is 13.6. The first-order valence-corrected chi connectivity index (χ1v) is 6.29. The minimum Gasteiger partial charge on any atom is -0.345 e. The molecule has 3 aromatic rings. The van der Waals surface area contributed by atoms with Crippen LogP contribution in [0.2, 0.25) is 0 Å². The molecule has 0 atom stereocenters. The minimum absolute atomic E-state index is 0.220. The quantitative estimate of drug-likeness (QED) is 0.741. The van der Waals surface area contributed by atoms with Crippen molar-refractivity contribution in [3.05, 3.63) is 59.4 Å². The van der Waals surface area contributed by atoms with Crippen LogP contribution >= 0.6 is 0 Å². The second-order valence-corrected chi connectivity index (χ2v) is 4.50. The van der Waals surface area contributed by atoms with Gasteiger partial charge < -0.3 is 4.98 Å². The number of hydrogen-bond donors (Lipinski definition) is 1. The van der Waals surface area contributed by atoms with Gasteiger partial charge >= 0.3 is 0 Å². The van der Waals surface area contributed by atoms with Crippen LogP contribution in [0.1, 0.15) is 21.6 Å². The maximum atomic E-state index is 13.6. The maximum Gasteiger partial charge on any atom is 0.152 e. The molecule has 4 nitrogen and oxygen atoms in total. The van der Waals surface area contributed by atoms with Crippen molar-refractivity contribution in [3.8, 4) is 0 Å². The lowest BCUT2D eigenvalue weighted by Crippen LogP contribution is -1.99. The van der Waals surface area contributed by atoms with Crippen LogP contribution in [0.25, 0.3) is 11.0 Å². The van der Waals surface area contributed by atoms with Gasteiger partial charge in [0.2, 0.25) is 0 Å². The smallest absolute Gasteiger partial charge is 0.152 e. The maximum absolute atomic E-state index is 13.6. The van der Waals surface area contributed by atoms with Crippen LogP contribution in [0.3, 0.4) is 0 Å². The number of halogens is 1. The van der Waals surface area contributed by atoms with E-state index in [9.17, 15) is 9.18 Å². The molecule has 0 fully saturated rings. The zero-order valence-corrected chi connectivity index (χ0v) is 10.6. The lowest BCUT2D eigenvalue weighted by Gasteiger charge is -2.04. The van der Waals surface area contributed by atoms with Gasteiger partial charge in [-0.1, -0.05) is 18.2 Å². The lowest BCUT2D eigenvalue weighted by molar-refractivity contribution is 0.112. The highest BCUT2D eigenvalue weighted by Gasteiger charge is 2.11. The fraction of sp³-hybridized carbons (Fsp3) is 0.133. The number of aromatic nitrogens is 3. The van der Waals surface area contributed by atoms with E-state index in [-0.39, 0.29) is 5.82 Å². The highest BCUT2D eigenvalue weighted by atomic mass is 19.1. The van der Waals surface area contributed by atoms with E-state index >= 15 is 0 Å². The van der Waals surface area contributed by atoms with Gasteiger partial charge in [0.05, 0.1) is 11.1 Å². The zero-order valence-electron chi connectivity index (χ0n) is 10.6. The van der Waals surface area contributed by atoms with Crippen molar-refractivity contribution in [2.45, 2.75) is 12.8 Å². The predicted octanol–water partition coefficient (Wildman–Crippen LogP) is 2.69. The third-order valence-corrected chi connectivity index (χ3v) is 3.29. The molecule has 0 radical (unpaired) electrons. The Bertz CT molecular complexity index is 767. The third kappa shape index (κ3) is 2.18. The molecular formula is C15H12FN3O. The molecule has 1 N–H and O–H groups in total. The summed E-state index contributed by atoms with van der Waals surface area (Å²) in [6, 6.07) is 6.67. The summed E-state index contributed by atoms with van der Waals surface area (Å²) in [7, 11) is 0. The molecule has 1 aromatic carbocycles. The molecule has 3 rings (SSSR count). The average Bonchev–Trinajstić information content (AvgIpc) is 2.90. The van der Waals surface area contributed by atoms with Gasteiger partial charge in [-0.2, -0.15) is 0 Å². The highest BCUT2D eigenvalue weighted by Crippen LogP contribution is 2.19. The summed E-state index contributed by atoms with van der Waals surface area (Å²) in [4.78, 5) is 22.3. The van der Waals surface area contributed by atoms with Crippen molar-refractivity contribution in [1.82, 2.24) is 15.0 Å². The van der Waals surface area contributed by atoms with E-state index in [4.69, 9.17) is 0 Å². The van der Waals surface area contributed by atoms with Crippen molar-refractivity contribution in [3.63, 3.8) is 0 Å². The first kappa shape index (κ1) is 12.5. The number of benzene rings is 1. The topological polar surface area (TPSA) is 58.6 Å². The van der Waals surface area contributed by atoms with Gasteiger partial charge in [-0.3, -0.25) is 4.79 Å². The number of H-pyrrole nitrogens is 1. The number of rotatable bonds is 4. The molecule has 0 unspecified atom stereocenters. The van der Waals surface area contributed by atoms with E-state index in [2.05, 4.69) is 15.0 Å². The van der Waals surface area contributed by atoms with Gasteiger partial charge in [0.15, 0.2) is 6.29 Å². The lowest BCUT2D eigenvalue weighted by atomic mass is 10.0. The Labute approximate surface area is 114 Å². The standard InChI is InChI=1S/C15H12FN3O/c16-12-4-2-1-3-10(12)5-6-13-14-11(8-20)7-17-15(14)19-9-18-13/h1-4,7-9H,5-6H2,(H,17,18,19). The molecule has 2 heterocycles. The van der Waals surface area contributed by atoms with E-state index in [1.54, 1.807) is 24.4 Å². The molecule has 5 heteroatoms. The fourth-order valence-electron chi connectivity index (χ4n) is 2.29.